The molecule has 2 heterocycles. The predicted molar refractivity (Wildman–Crippen MR) is 78.7 cm³/mol. The second-order valence-corrected chi connectivity index (χ2v) is 6.55. The molecule has 102 valence electrons. The van der Waals surface area contributed by atoms with Gasteiger partial charge < -0.3 is 10.2 Å². The van der Waals surface area contributed by atoms with E-state index in [9.17, 15) is 4.79 Å². The molecule has 0 aromatic heterocycles. The van der Waals surface area contributed by atoms with Gasteiger partial charge in [0.15, 0.2) is 0 Å². The molecule has 0 bridgehead atoms. The van der Waals surface area contributed by atoms with Crippen molar-refractivity contribution in [3.63, 3.8) is 0 Å². The maximum Gasteiger partial charge on any atom is 0.229 e. The van der Waals surface area contributed by atoms with Crippen LogP contribution in [0.25, 0.3) is 0 Å². The highest BCUT2D eigenvalue weighted by molar-refractivity contribution is 9.10. The Bertz CT molecular complexity index is 483. The van der Waals surface area contributed by atoms with Gasteiger partial charge in [0.05, 0.1) is 5.41 Å². The van der Waals surface area contributed by atoms with E-state index in [2.05, 4.69) is 33.4 Å². The summed E-state index contributed by atoms with van der Waals surface area (Å²) in [6, 6.07) is 8.23. The van der Waals surface area contributed by atoms with Crippen LogP contribution in [0.5, 0.6) is 0 Å². The number of hydrogen-bond acceptors (Lipinski definition) is 2. The van der Waals surface area contributed by atoms with E-state index in [1.807, 2.05) is 17.0 Å². The molecular weight excluding hydrogens is 304 g/mol. The van der Waals surface area contributed by atoms with E-state index < -0.39 is 0 Å². The van der Waals surface area contributed by atoms with Crippen molar-refractivity contribution in [3.8, 4) is 0 Å². The number of piperidine rings is 1. The fraction of sp³-hybridized carbons (Fsp3) is 0.533. The van der Waals surface area contributed by atoms with E-state index in [1.54, 1.807) is 0 Å². The summed E-state index contributed by atoms with van der Waals surface area (Å²) in [4.78, 5) is 14.7. The minimum atomic E-state index is -0.0583. The Morgan fingerprint density at radius 2 is 2.05 bits per heavy atom. The van der Waals surface area contributed by atoms with Crippen LogP contribution in [0.15, 0.2) is 28.7 Å². The summed E-state index contributed by atoms with van der Waals surface area (Å²) in [6.07, 6.45) is 3.03. The second kappa shape index (κ2) is 5.25. The van der Waals surface area contributed by atoms with Gasteiger partial charge in [-0.05, 0) is 50.0 Å². The molecule has 3 rings (SSSR count). The van der Waals surface area contributed by atoms with Gasteiger partial charge in [-0.25, -0.2) is 0 Å². The van der Waals surface area contributed by atoms with Crippen LogP contribution in [0.1, 0.15) is 24.8 Å². The number of carbonyl (C=O) groups is 1. The van der Waals surface area contributed by atoms with Crippen molar-refractivity contribution < 1.29 is 4.79 Å². The number of halogens is 1. The highest BCUT2D eigenvalue weighted by Gasteiger charge is 2.46. The molecule has 19 heavy (non-hydrogen) atoms. The van der Waals surface area contributed by atoms with Crippen molar-refractivity contribution in [3.05, 3.63) is 34.3 Å². The Labute approximate surface area is 122 Å². The van der Waals surface area contributed by atoms with E-state index in [-0.39, 0.29) is 5.41 Å². The molecule has 1 spiro atoms. The lowest BCUT2D eigenvalue weighted by atomic mass is 9.78. The van der Waals surface area contributed by atoms with Gasteiger partial charge in [-0.1, -0.05) is 28.1 Å². The third-order valence-corrected chi connectivity index (χ3v) is 4.92. The van der Waals surface area contributed by atoms with Crippen molar-refractivity contribution in [2.75, 3.05) is 19.6 Å². The Kier molecular flexibility index (Phi) is 3.63. The minimum Gasteiger partial charge on any atom is -0.338 e. The summed E-state index contributed by atoms with van der Waals surface area (Å²) in [6.45, 7) is 3.62. The smallest absolute Gasteiger partial charge is 0.229 e. The number of nitrogens with one attached hydrogen (secondary N) is 1. The zero-order valence-corrected chi connectivity index (χ0v) is 12.6. The SMILES string of the molecule is O=C1N(Cc2cccc(Br)c2)CCC12CCNCC2. The number of amides is 1. The lowest BCUT2D eigenvalue weighted by Gasteiger charge is -2.32. The van der Waals surface area contributed by atoms with E-state index in [0.717, 1.165) is 49.9 Å². The van der Waals surface area contributed by atoms with Gasteiger partial charge in [-0.2, -0.15) is 0 Å². The molecule has 0 unspecified atom stereocenters. The molecule has 2 aliphatic heterocycles. The van der Waals surface area contributed by atoms with Gasteiger partial charge in [-0.15, -0.1) is 0 Å². The van der Waals surface area contributed by atoms with Crippen LogP contribution in [0, 0.1) is 5.41 Å². The second-order valence-electron chi connectivity index (χ2n) is 5.64. The third-order valence-electron chi connectivity index (χ3n) is 4.42. The number of benzene rings is 1. The van der Waals surface area contributed by atoms with Crippen molar-refractivity contribution in [1.82, 2.24) is 10.2 Å². The van der Waals surface area contributed by atoms with E-state index in [1.165, 1.54) is 5.56 Å². The molecule has 0 aliphatic carbocycles. The Hall–Kier alpha value is -0.870. The molecule has 0 atom stereocenters. The number of nitrogens with zero attached hydrogens (tertiary/aromatic N) is 1. The summed E-state index contributed by atoms with van der Waals surface area (Å²) in [5, 5.41) is 3.35. The number of likely N-dealkylation sites (tertiary alicyclic amines) is 1. The molecule has 1 aromatic carbocycles. The molecule has 3 nitrogen and oxygen atoms in total. The zero-order chi connectivity index (χ0) is 13.3. The lowest BCUT2D eigenvalue weighted by Crippen LogP contribution is -2.42. The molecule has 1 aromatic rings. The molecule has 1 amide bonds. The van der Waals surface area contributed by atoms with E-state index in [0.29, 0.717) is 5.91 Å². The molecule has 1 N–H and O–H groups in total. The predicted octanol–water partition coefficient (Wildman–Crippen LogP) is 2.55. The molecule has 0 saturated carbocycles. The number of carbonyl (C=O) groups excluding carboxylic acids is 1. The van der Waals surface area contributed by atoms with Crippen LogP contribution in [0.3, 0.4) is 0 Å². The van der Waals surface area contributed by atoms with Gasteiger partial charge in [0.25, 0.3) is 0 Å². The summed E-state index contributed by atoms with van der Waals surface area (Å²) in [5.74, 6) is 0.369. The fourth-order valence-electron chi connectivity index (χ4n) is 3.27. The molecule has 4 heteroatoms. The van der Waals surface area contributed by atoms with Crippen molar-refractivity contribution in [2.45, 2.75) is 25.8 Å². The van der Waals surface area contributed by atoms with Crippen LogP contribution in [0.2, 0.25) is 0 Å². The van der Waals surface area contributed by atoms with Gasteiger partial charge in [-0.3, -0.25) is 4.79 Å². The average molecular weight is 323 g/mol. The van der Waals surface area contributed by atoms with Crippen molar-refractivity contribution >= 4 is 21.8 Å². The van der Waals surface area contributed by atoms with E-state index >= 15 is 0 Å². The van der Waals surface area contributed by atoms with Gasteiger partial charge in [0, 0.05) is 17.6 Å². The van der Waals surface area contributed by atoms with Gasteiger partial charge in [0.2, 0.25) is 5.91 Å². The van der Waals surface area contributed by atoms with Crippen molar-refractivity contribution in [2.24, 2.45) is 5.41 Å². The highest BCUT2D eigenvalue weighted by Crippen LogP contribution is 2.40. The zero-order valence-electron chi connectivity index (χ0n) is 11.0. The maximum atomic E-state index is 12.7. The van der Waals surface area contributed by atoms with E-state index in [4.69, 9.17) is 0 Å². The van der Waals surface area contributed by atoms with Gasteiger partial charge >= 0.3 is 0 Å². The highest BCUT2D eigenvalue weighted by atomic mass is 79.9. The first-order valence-corrected chi connectivity index (χ1v) is 7.73. The summed E-state index contributed by atoms with van der Waals surface area (Å²) in [5.41, 5.74) is 1.14. The quantitative estimate of drug-likeness (QED) is 0.907. The molecule has 2 saturated heterocycles. The first-order chi connectivity index (χ1) is 9.20. The topological polar surface area (TPSA) is 32.3 Å². The average Bonchev–Trinajstić information content (AvgIpc) is 2.70. The molecule has 0 radical (unpaired) electrons. The first kappa shape index (κ1) is 13.1. The fourth-order valence-corrected chi connectivity index (χ4v) is 3.72. The largest absolute Gasteiger partial charge is 0.338 e. The standard InChI is InChI=1S/C15H19BrN2O/c16-13-3-1-2-12(10-13)11-18-9-6-15(14(18)19)4-7-17-8-5-15/h1-3,10,17H,4-9,11H2. The number of rotatable bonds is 2. The third kappa shape index (κ3) is 2.56. The van der Waals surface area contributed by atoms with Crippen LogP contribution in [0.4, 0.5) is 0 Å². The molecule has 2 fully saturated rings. The van der Waals surface area contributed by atoms with Crippen LogP contribution in [-0.4, -0.2) is 30.4 Å². The summed E-state index contributed by atoms with van der Waals surface area (Å²) >= 11 is 3.49. The number of hydrogen-bond donors (Lipinski definition) is 1. The van der Waals surface area contributed by atoms with Crippen LogP contribution < -0.4 is 5.32 Å². The molecular formula is C15H19BrN2O. The van der Waals surface area contributed by atoms with Crippen LogP contribution >= 0.6 is 15.9 Å². The van der Waals surface area contributed by atoms with Gasteiger partial charge in [0.1, 0.15) is 0 Å². The Balaban J connectivity index is 1.72. The lowest BCUT2D eigenvalue weighted by molar-refractivity contribution is -0.137. The van der Waals surface area contributed by atoms with Crippen LogP contribution in [-0.2, 0) is 11.3 Å². The monoisotopic (exact) mass is 322 g/mol. The Morgan fingerprint density at radius 3 is 2.79 bits per heavy atom. The van der Waals surface area contributed by atoms with Crippen molar-refractivity contribution in [1.29, 1.82) is 0 Å². The normalized spacial score (nSPS) is 22.2. The Morgan fingerprint density at radius 1 is 1.26 bits per heavy atom. The molecule has 2 aliphatic rings. The maximum absolute atomic E-state index is 12.7. The summed E-state index contributed by atoms with van der Waals surface area (Å²) < 4.78 is 1.08. The first-order valence-electron chi connectivity index (χ1n) is 6.94. The minimum absolute atomic E-state index is 0.0583. The summed E-state index contributed by atoms with van der Waals surface area (Å²) in [7, 11) is 0.